The van der Waals surface area contributed by atoms with Crippen LogP contribution in [0.2, 0.25) is 0 Å². The van der Waals surface area contributed by atoms with Crippen LogP contribution in [0.3, 0.4) is 0 Å². The summed E-state index contributed by atoms with van der Waals surface area (Å²) in [6.07, 6.45) is 0. The third kappa shape index (κ3) is 6.82. The second-order valence-corrected chi connectivity index (χ2v) is 8.54. The van der Waals surface area contributed by atoms with Crippen LogP contribution in [0.1, 0.15) is 18.4 Å². The highest BCUT2D eigenvalue weighted by molar-refractivity contribution is 8.00. The molecule has 1 amide bonds. The van der Waals surface area contributed by atoms with Crippen molar-refractivity contribution in [2.45, 2.75) is 30.6 Å². The summed E-state index contributed by atoms with van der Waals surface area (Å²) >= 11 is 1.14. The minimum absolute atomic E-state index is 0.0401. The maximum absolute atomic E-state index is 12.9. The number of carbonyl (C=O) groups excluding carboxylic acids is 1. The molecule has 0 aliphatic carbocycles. The molecule has 0 aliphatic rings. The lowest BCUT2D eigenvalue weighted by atomic mass is 10.2. The van der Waals surface area contributed by atoms with Gasteiger partial charge in [0.15, 0.2) is 6.61 Å². The summed E-state index contributed by atoms with van der Waals surface area (Å²) in [4.78, 5) is 12.5. The Hall–Kier alpha value is -3.85. The van der Waals surface area contributed by atoms with E-state index in [0.29, 0.717) is 23.8 Å². The number of hydrogen-bond donors (Lipinski definition) is 1. The number of rotatable bonds is 10. The number of amides is 1. The monoisotopic (exact) mass is 479 g/mol. The minimum atomic E-state index is -0.472. The van der Waals surface area contributed by atoms with Gasteiger partial charge in [-0.25, -0.2) is 4.39 Å². The van der Waals surface area contributed by atoms with Crippen molar-refractivity contribution in [1.29, 1.82) is 0 Å². The molecular formula is C25H22FN3O4S. The number of nitrogens with zero attached hydrogens (tertiary/aromatic N) is 2. The van der Waals surface area contributed by atoms with Crippen LogP contribution < -0.4 is 14.8 Å². The maximum Gasteiger partial charge on any atom is 0.277 e. The van der Waals surface area contributed by atoms with E-state index in [9.17, 15) is 9.18 Å². The number of aromatic nitrogens is 2. The summed E-state index contributed by atoms with van der Waals surface area (Å²) < 4.78 is 29.7. The molecule has 1 N–H and O–H groups in total. The molecule has 0 unspecified atom stereocenters. The average molecular weight is 480 g/mol. The van der Waals surface area contributed by atoms with Gasteiger partial charge in [-0.05, 0) is 61.0 Å². The summed E-state index contributed by atoms with van der Waals surface area (Å²) in [5.74, 6) is 0.905. The van der Waals surface area contributed by atoms with Gasteiger partial charge in [0, 0.05) is 5.69 Å². The summed E-state index contributed by atoms with van der Waals surface area (Å²) in [5.41, 5.74) is 1.74. The molecule has 7 nitrogen and oxygen atoms in total. The van der Waals surface area contributed by atoms with Gasteiger partial charge in [-0.3, -0.25) is 4.79 Å². The van der Waals surface area contributed by atoms with Gasteiger partial charge in [0.05, 0.1) is 5.25 Å². The third-order valence-electron chi connectivity index (χ3n) is 4.64. The first-order valence-corrected chi connectivity index (χ1v) is 11.4. The number of hydrogen-bond acceptors (Lipinski definition) is 7. The number of thioether (sulfide) groups is 1. The summed E-state index contributed by atoms with van der Waals surface area (Å²) in [6.45, 7) is 2.26. The molecule has 4 rings (SSSR count). The number of benzene rings is 3. The van der Waals surface area contributed by atoms with Crippen LogP contribution in [-0.4, -0.2) is 21.4 Å². The van der Waals surface area contributed by atoms with Crippen molar-refractivity contribution in [2.75, 3.05) is 5.32 Å². The predicted molar refractivity (Wildman–Crippen MR) is 126 cm³/mol. The molecule has 9 heteroatoms. The zero-order valence-corrected chi connectivity index (χ0v) is 19.1. The van der Waals surface area contributed by atoms with Gasteiger partial charge in [0.2, 0.25) is 5.91 Å². The highest BCUT2D eigenvalue weighted by Gasteiger charge is 2.19. The highest BCUT2D eigenvalue weighted by Crippen LogP contribution is 2.24. The van der Waals surface area contributed by atoms with Gasteiger partial charge in [0.25, 0.3) is 11.1 Å². The van der Waals surface area contributed by atoms with Crippen LogP contribution in [0.5, 0.6) is 11.5 Å². The van der Waals surface area contributed by atoms with Crippen LogP contribution in [-0.2, 0) is 18.0 Å². The zero-order valence-electron chi connectivity index (χ0n) is 18.3. The smallest absolute Gasteiger partial charge is 0.277 e. The van der Waals surface area contributed by atoms with E-state index in [1.165, 1.54) is 24.3 Å². The SMILES string of the molecule is C[C@@H](Sc1nnc(COc2ccc(F)cc2)o1)C(=O)Nc1ccc(OCc2ccccc2)cc1. The average Bonchev–Trinajstić information content (AvgIpc) is 3.31. The fourth-order valence-corrected chi connectivity index (χ4v) is 3.54. The van der Waals surface area contributed by atoms with Crippen molar-refractivity contribution < 1.29 is 23.1 Å². The van der Waals surface area contributed by atoms with Gasteiger partial charge >= 0.3 is 0 Å². The van der Waals surface area contributed by atoms with E-state index >= 15 is 0 Å². The topological polar surface area (TPSA) is 86.5 Å². The minimum Gasteiger partial charge on any atom is -0.489 e. The van der Waals surface area contributed by atoms with Gasteiger partial charge in [-0.2, -0.15) is 0 Å². The summed E-state index contributed by atoms with van der Waals surface area (Å²) in [6, 6.07) is 22.7. The van der Waals surface area contributed by atoms with Crippen LogP contribution >= 0.6 is 11.8 Å². The molecule has 1 atom stereocenters. The highest BCUT2D eigenvalue weighted by atomic mass is 32.2. The van der Waals surface area contributed by atoms with Crippen molar-refractivity contribution in [1.82, 2.24) is 10.2 Å². The first-order valence-electron chi connectivity index (χ1n) is 10.5. The maximum atomic E-state index is 12.9. The molecule has 0 radical (unpaired) electrons. The van der Waals surface area contributed by atoms with Gasteiger partial charge in [0.1, 0.15) is 23.9 Å². The van der Waals surface area contributed by atoms with Crippen LogP contribution in [0, 0.1) is 5.82 Å². The van der Waals surface area contributed by atoms with Crippen LogP contribution in [0.25, 0.3) is 0 Å². The Balaban J connectivity index is 1.23. The van der Waals surface area contributed by atoms with Gasteiger partial charge < -0.3 is 19.2 Å². The summed E-state index contributed by atoms with van der Waals surface area (Å²) in [5, 5.41) is 10.5. The molecular weight excluding hydrogens is 457 g/mol. The van der Waals surface area contributed by atoms with Crippen molar-refractivity contribution in [3.05, 3.63) is 96.1 Å². The van der Waals surface area contributed by atoms with Crippen molar-refractivity contribution in [3.63, 3.8) is 0 Å². The molecule has 0 aliphatic heterocycles. The predicted octanol–water partition coefficient (Wildman–Crippen LogP) is 5.49. The number of nitrogens with one attached hydrogen (secondary N) is 1. The Morgan fingerprint density at radius 3 is 2.29 bits per heavy atom. The fraction of sp³-hybridized carbons (Fsp3) is 0.160. The third-order valence-corrected chi connectivity index (χ3v) is 5.58. The molecule has 34 heavy (non-hydrogen) atoms. The van der Waals surface area contributed by atoms with Crippen LogP contribution in [0.4, 0.5) is 10.1 Å². The van der Waals surface area contributed by atoms with E-state index in [-0.39, 0.29) is 29.4 Å². The lowest BCUT2D eigenvalue weighted by Crippen LogP contribution is -2.22. The fourth-order valence-electron chi connectivity index (χ4n) is 2.84. The molecule has 0 bridgehead atoms. The van der Waals surface area contributed by atoms with E-state index in [4.69, 9.17) is 13.9 Å². The Bertz CT molecular complexity index is 1200. The molecule has 0 saturated heterocycles. The number of carbonyl (C=O) groups is 1. The quantitative estimate of drug-likeness (QED) is 0.301. The lowest BCUT2D eigenvalue weighted by Gasteiger charge is -2.11. The first kappa shape index (κ1) is 23.3. The molecule has 4 aromatic rings. The molecule has 1 aromatic heterocycles. The standard InChI is InChI=1S/C25H22FN3O4S/c1-17(34-25-29-28-23(33-25)16-32-21-11-7-19(26)8-12-21)24(30)27-20-9-13-22(14-10-20)31-15-18-5-3-2-4-6-18/h2-14,17H,15-16H2,1H3,(H,27,30)/t17-/m1/s1. The molecule has 0 fully saturated rings. The molecule has 174 valence electrons. The summed E-state index contributed by atoms with van der Waals surface area (Å²) in [7, 11) is 0. The van der Waals surface area contributed by atoms with E-state index in [2.05, 4.69) is 15.5 Å². The van der Waals surface area contributed by atoms with Crippen molar-refractivity contribution in [3.8, 4) is 11.5 Å². The second kappa shape index (κ2) is 11.3. The lowest BCUT2D eigenvalue weighted by molar-refractivity contribution is -0.115. The van der Waals surface area contributed by atoms with Crippen molar-refractivity contribution in [2.24, 2.45) is 0 Å². The zero-order chi connectivity index (χ0) is 23.8. The Morgan fingerprint density at radius 2 is 1.59 bits per heavy atom. The molecule has 0 saturated carbocycles. The number of ether oxygens (including phenoxy) is 2. The van der Waals surface area contributed by atoms with Gasteiger partial charge in [-0.1, -0.05) is 42.1 Å². The normalized spacial score (nSPS) is 11.6. The van der Waals surface area contributed by atoms with Crippen LogP contribution in [0.15, 0.2) is 88.5 Å². The van der Waals surface area contributed by atoms with E-state index in [1.54, 1.807) is 19.1 Å². The number of anilines is 1. The first-order chi connectivity index (χ1) is 16.5. The largest absolute Gasteiger partial charge is 0.489 e. The van der Waals surface area contributed by atoms with E-state index in [0.717, 1.165) is 17.3 Å². The van der Waals surface area contributed by atoms with E-state index in [1.807, 2.05) is 42.5 Å². The van der Waals surface area contributed by atoms with Crippen molar-refractivity contribution >= 4 is 23.4 Å². The Kier molecular flexibility index (Phi) is 7.77. The van der Waals surface area contributed by atoms with E-state index < -0.39 is 5.25 Å². The second-order valence-electron chi connectivity index (χ2n) is 7.25. The molecule has 3 aromatic carbocycles. The number of halogens is 1. The molecule has 0 spiro atoms. The molecule has 1 heterocycles. The Labute approximate surface area is 200 Å². The Morgan fingerprint density at radius 1 is 0.941 bits per heavy atom. The van der Waals surface area contributed by atoms with Gasteiger partial charge in [-0.15, -0.1) is 10.2 Å².